The fourth-order valence-electron chi connectivity index (χ4n) is 1.35. The van der Waals surface area contributed by atoms with Crippen molar-refractivity contribution in [2.24, 2.45) is 0 Å². The van der Waals surface area contributed by atoms with E-state index in [0.717, 1.165) is 6.42 Å². The predicted molar refractivity (Wildman–Crippen MR) is 66.1 cm³/mol. The van der Waals surface area contributed by atoms with Crippen LogP contribution in [0, 0.1) is 12.3 Å². The molecule has 0 saturated heterocycles. The Kier molecular flexibility index (Phi) is 4.39. The third-order valence-corrected chi connectivity index (χ3v) is 3.25. The van der Waals surface area contributed by atoms with Gasteiger partial charge in [0.2, 0.25) is 0 Å². The molecule has 4 heteroatoms. The number of anilines is 1. The van der Waals surface area contributed by atoms with Crippen molar-refractivity contribution in [2.45, 2.75) is 17.7 Å². The summed E-state index contributed by atoms with van der Waals surface area (Å²) in [5, 5.41) is 3.08. The van der Waals surface area contributed by atoms with E-state index in [1.165, 1.54) is 6.26 Å². The fraction of sp³-hybridized carbons (Fsp3) is 0.333. The van der Waals surface area contributed by atoms with Crippen LogP contribution in [0.4, 0.5) is 5.69 Å². The molecule has 0 bridgehead atoms. The molecule has 0 aliphatic carbocycles. The number of nitrogens with one attached hydrogen (secondary N) is 1. The summed E-state index contributed by atoms with van der Waals surface area (Å²) in [7, 11) is -3.18. The Bertz CT molecular complexity index is 486. The summed E-state index contributed by atoms with van der Waals surface area (Å²) in [5.41, 5.74) is 0.641. The van der Waals surface area contributed by atoms with E-state index in [1.807, 2.05) is 0 Å². The first kappa shape index (κ1) is 12.6. The molecular formula is C12H15NO2S. The van der Waals surface area contributed by atoms with Gasteiger partial charge in [-0.2, -0.15) is 0 Å². The molecule has 0 saturated carbocycles. The number of para-hydroxylation sites is 1. The molecule has 0 atom stereocenters. The second kappa shape index (κ2) is 5.57. The first-order valence-electron chi connectivity index (χ1n) is 5.02. The molecule has 1 aromatic carbocycles. The Balaban J connectivity index is 2.77. The van der Waals surface area contributed by atoms with Crippen LogP contribution in [0.25, 0.3) is 0 Å². The zero-order valence-electron chi connectivity index (χ0n) is 9.23. The number of sulfone groups is 1. The third kappa shape index (κ3) is 3.59. The van der Waals surface area contributed by atoms with Gasteiger partial charge in [0.25, 0.3) is 0 Å². The molecule has 1 rings (SSSR count). The lowest BCUT2D eigenvalue weighted by Crippen LogP contribution is -2.07. The maximum atomic E-state index is 11.5. The second-order valence-corrected chi connectivity index (χ2v) is 5.49. The monoisotopic (exact) mass is 237 g/mol. The van der Waals surface area contributed by atoms with Gasteiger partial charge < -0.3 is 5.32 Å². The summed E-state index contributed by atoms with van der Waals surface area (Å²) >= 11 is 0. The molecule has 0 aliphatic rings. The van der Waals surface area contributed by atoms with Crippen LogP contribution in [-0.2, 0) is 9.84 Å². The van der Waals surface area contributed by atoms with E-state index in [1.54, 1.807) is 24.3 Å². The highest BCUT2D eigenvalue weighted by Crippen LogP contribution is 2.20. The minimum absolute atomic E-state index is 0.329. The number of hydrogen-bond donors (Lipinski definition) is 1. The molecule has 0 spiro atoms. The van der Waals surface area contributed by atoms with Crippen molar-refractivity contribution < 1.29 is 8.42 Å². The van der Waals surface area contributed by atoms with E-state index in [0.29, 0.717) is 23.5 Å². The number of hydrogen-bond acceptors (Lipinski definition) is 3. The van der Waals surface area contributed by atoms with E-state index in [9.17, 15) is 8.42 Å². The van der Waals surface area contributed by atoms with Gasteiger partial charge in [-0.15, -0.1) is 12.3 Å². The lowest BCUT2D eigenvalue weighted by Gasteiger charge is -2.09. The summed E-state index contributed by atoms with van der Waals surface area (Å²) in [4.78, 5) is 0.329. The number of unbranched alkanes of at least 4 members (excludes halogenated alkanes) is 1. The van der Waals surface area contributed by atoms with Crippen LogP contribution in [0.2, 0.25) is 0 Å². The van der Waals surface area contributed by atoms with Crippen molar-refractivity contribution in [2.75, 3.05) is 18.1 Å². The maximum absolute atomic E-state index is 11.5. The zero-order chi connectivity index (χ0) is 12.0. The summed E-state index contributed by atoms with van der Waals surface area (Å²) in [5.74, 6) is 2.54. The Morgan fingerprint density at radius 2 is 2.06 bits per heavy atom. The van der Waals surface area contributed by atoms with Crippen LogP contribution < -0.4 is 5.32 Å². The number of benzene rings is 1. The SMILES string of the molecule is C#CCCCNc1ccccc1S(C)(=O)=O. The molecule has 1 aromatic rings. The van der Waals surface area contributed by atoms with Crippen molar-refractivity contribution in [1.29, 1.82) is 0 Å². The highest BCUT2D eigenvalue weighted by Gasteiger charge is 2.11. The van der Waals surface area contributed by atoms with Crippen molar-refractivity contribution >= 4 is 15.5 Å². The van der Waals surface area contributed by atoms with Crippen molar-refractivity contribution in [3.8, 4) is 12.3 Å². The van der Waals surface area contributed by atoms with Crippen molar-refractivity contribution in [1.82, 2.24) is 0 Å². The van der Waals surface area contributed by atoms with Gasteiger partial charge in [-0.25, -0.2) is 8.42 Å². The Hall–Kier alpha value is -1.47. The highest BCUT2D eigenvalue weighted by atomic mass is 32.2. The molecule has 86 valence electrons. The summed E-state index contributed by atoms with van der Waals surface area (Å²) in [6.45, 7) is 0.677. The van der Waals surface area contributed by atoms with Gasteiger partial charge in [-0.3, -0.25) is 0 Å². The van der Waals surface area contributed by atoms with Crippen LogP contribution in [-0.4, -0.2) is 21.2 Å². The molecule has 0 amide bonds. The minimum atomic E-state index is -3.18. The molecule has 1 N–H and O–H groups in total. The quantitative estimate of drug-likeness (QED) is 0.628. The molecule has 16 heavy (non-hydrogen) atoms. The van der Waals surface area contributed by atoms with Gasteiger partial charge in [0.1, 0.15) is 0 Å². The highest BCUT2D eigenvalue weighted by molar-refractivity contribution is 7.90. The van der Waals surface area contributed by atoms with Gasteiger partial charge >= 0.3 is 0 Å². The topological polar surface area (TPSA) is 46.2 Å². The average molecular weight is 237 g/mol. The van der Waals surface area contributed by atoms with Gasteiger partial charge in [0.05, 0.1) is 10.6 Å². The second-order valence-electron chi connectivity index (χ2n) is 3.50. The smallest absolute Gasteiger partial charge is 0.177 e. The standard InChI is InChI=1S/C12H15NO2S/c1-3-4-7-10-13-11-8-5-6-9-12(11)16(2,14)15/h1,5-6,8-9,13H,4,7,10H2,2H3. The lowest BCUT2D eigenvalue weighted by atomic mass is 10.3. The normalized spacial score (nSPS) is 10.8. The van der Waals surface area contributed by atoms with E-state index >= 15 is 0 Å². The number of terminal acetylenes is 1. The average Bonchev–Trinajstić information content (AvgIpc) is 2.24. The van der Waals surface area contributed by atoms with Gasteiger partial charge in [-0.05, 0) is 18.6 Å². The maximum Gasteiger partial charge on any atom is 0.177 e. The zero-order valence-corrected chi connectivity index (χ0v) is 10.0. The van der Waals surface area contributed by atoms with Gasteiger partial charge in [0.15, 0.2) is 9.84 Å². The first-order valence-corrected chi connectivity index (χ1v) is 6.91. The predicted octanol–water partition coefficient (Wildman–Crippen LogP) is 1.92. The van der Waals surface area contributed by atoms with E-state index < -0.39 is 9.84 Å². The lowest BCUT2D eigenvalue weighted by molar-refractivity contribution is 0.602. The van der Waals surface area contributed by atoms with Crippen LogP contribution >= 0.6 is 0 Å². The Morgan fingerprint density at radius 1 is 1.38 bits per heavy atom. The fourth-order valence-corrected chi connectivity index (χ4v) is 2.21. The molecule has 0 fully saturated rings. The summed E-state index contributed by atoms with van der Waals surface area (Å²) in [6, 6.07) is 6.87. The molecule has 3 nitrogen and oxygen atoms in total. The number of rotatable bonds is 5. The molecular weight excluding hydrogens is 222 g/mol. The molecule has 0 unspecified atom stereocenters. The van der Waals surface area contributed by atoms with Crippen LogP contribution in [0.15, 0.2) is 29.2 Å². The van der Waals surface area contributed by atoms with Crippen molar-refractivity contribution in [3.05, 3.63) is 24.3 Å². The summed E-state index contributed by atoms with van der Waals surface area (Å²) < 4.78 is 22.9. The third-order valence-electron chi connectivity index (χ3n) is 2.10. The molecule has 0 heterocycles. The minimum Gasteiger partial charge on any atom is -0.384 e. The molecule has 0 radical (unpaired) electrons. The van der Waals surface area contributed by atoms with E-state index in [2.05, 4.69) is 11.2 Å². The first-order chi connectivity index (χ1) is 7.55. The van der Waals surface area contributed by atoms with Gasteiger partial charge in [0, 0.05) is 19.2 Å². The Morgan fingerprint density at radius 3 is 2.69 bits per heavy atom. The van der Waals surface area contributed by atoms with Crippen LogP contribution in [0.5, 0.6) is 0 Å². The van der Waals surface area contributed by atoms with Crippen LogP contribution in [0.1, 0.15) is 12.8 Å². The van der Waals surface area contributed by atoms with Crippen LogP contribution in [0.3, 0.4) is 0 Å². The molecule has 0 aromatic heterocycles. The largest absolute Gasteiger partial charge is 0.384 e. The van der Waals surface area contributed by atoms with E-state index in [4.69, 9.17) is 6.42 Å². The van der Waals surface area contributed by atoms with Gasteiger partial charge in [-0.1, -0.05) is 12.1 Å². The van der Waals surface area contributed by atoms with E-state index in [-0.39, 0.29) is 0 Å². The molecule has 0 aliphatic heterocycles. The Labute approximate surface area is 96.8 Å². The summed E-state index contributed by atoms with van der Waals surface area (Å²) in [6.07, 6.45) is 7.85. The van der Waals surface area contributed by atoms with Crippen molar-refractivity contribution in [3.63, 3.8) is 0 Å².